The van der Waals surface area contributed by atoms with E-state index < -0.39 is 101 Å². The molecule has 0 bridgehead atoms. The van der Waals surface area contributed by atoms with Gasteiger partial charge in [0.15, 0.2) is 12.5 Å². The number of aromatic amines is 1. The van der Waals surface area contributed by atoms with Crippen LogP contribution in [-0.2, 0) is 32.0 Å². The normalized spacial score (nSPS) is 37.7. The number of nitrogen functional groups attached to an aromatic ring is 1. The third kappa shape index (κ3) is 6.71. The summed E-state index contributed by atoms with van der Waals surface area (Å²) in [6, 6.07) is 0. The van der Waals surface area contributed by atoms with Crippen molar-refractivity contribution in [3.05, 3.63) is 27.0 Å². The molecular formula is C15H25N3O17P2. The Morgan fingerprint density at radius 1 is 0.946 bits per heavy atom. The van der Waals surface area contributed by atoms with Crippen molar-refractivity contribution in [1.82, 2.24) is 9.55 Å². The quantitative estimate of drug-likeness (QED) is 0.122. The Balaban J connectivity index is 1.63. The number of aliphatic hydroxyl groups excluding tert-OH is 6. The number of hydrogen-bond acceptors (Lipinski definition) is 16. The minimum Gasteiger partial charge on any atom is -0.394 e. The Hall–Kier alpha value is -1.58. The summed E-state index contributed by atoms with van der Waals surface area (Å²) in [5, 5.41) is 58.7. The Kier molecular flexibility index (Phi) is 9.12. The van der Waals surface area contributed by atoms with Crippen molar-refractivity contribution >= 4 is 21.3 Å². The lowest BCUT2D eigenvalue weighted by molar-refractivity contribution is -0.280. The molecule has 0 saturated carbocycles. The zero-order valence-electron chi connectivity index (χ0n) is 18.4. The van der Waals surface area contributed by atoms with E-state index in [1.807, 2.05) is 4.98 Å². The molecule has 2 fully saturated rings. The van der Waals surface area contributed by atoms with Crippen LogP contribution in [0.15, 0.2) is 15.8 Å². The average Bonchev–Trinajstić information content (AvgIpc) is 3.08. The molecule has 3 heterocycles. The van der Waals surface area contributed by atoms with Crippen LogP contribution in [0.1, 0.15) is 6.23 Å². The second-order valence-electron chi connectivity index (χ2n) is 7.91. The van der Waals surface area contributed by atoms with E-state index in [-0.39, 0.29) is 0 Å². The summed E-state index contributed by atoms with van der Waals surface area (Å²) in [6.07, 6.45) is -15.8. The minimum absolute atomic E-state index is 0.434. The van der Waals surface area contributed by atoms with Gasteiger partial charge in [0.25, 0.3) is 5.56 Å². The third-order valence-corrected chi connectivity index (χ3v) is 7.90. The maximum Gasteiger partial charge on any atom is 0.483 e. The van der Waals surface area contributed by atoms with Crippen LogP contribution in [0.25, 0.3) is 0 Å². The van der Waals surface area contributed by atoms with E-state index >= 15 is 0 Å². The molecule has 37 heavy (non-hydrogen) atoms. The Morgan fingerprint density at radius 2 is 1.57 bits per heavy atom. The number of anilines is 1. The first-order chi connectivity index (χ1) is 17.1. The van der Waals surface area contributed by atoms with Gasteiger partial charge < -0.3 is 55.6 Å². The third-order valence-electron chi connectivity index (χ3n) is 5.30. The van der Waals surface area contributed by atoms with Crippen LogP contribution in [0.3, 0.4) is 0 Å². The summed E-state index contributed by atoms with van der Waals surface area (Å²) in [4.78, 5) is 44.8. The predicted octanol–water partition coefficient (Wildman–Crippen LogP) is -5.21. The lowest BCUT2D eigenvalue weighted by atomic mass is 10.00. The molecule has 212 valence electrons. The number of ether oxygens (including phenoxy) is 2. The second-order valence-corrected chi connectivity index (χ2v) is 10.9. The Morgan fingerprint density at radius 3 is 2.19 bits per heavy atom. The van der Waals surface area contributed by atoms with E-state index in [1.165, 1.54) is 0 Å². The van der Waals surface area contributed by atoms with Crippen molar-refractivity contribution in [1.29, 1.82) is 0 Å². The van der Waals surface area contributed by atoms with E-state index in [1.54, 1.807) is 0 Å². The van der Waals surface area contributed by atoms with Gasteiger partial charge in [-0.3, -0.25) is 23.4 Å². The first-order valence-corrected chi connectivity index (χ1v) is 13.2. The SMILES string of the molecule is Nc1cn([C@@H]2O[C@H](COP(=O)(O)OP(=O)(O)O[C@H]3O[C@H](CO)[C@@H](O)[C@H](O)[C@H]3O)[C@@H](O)[C@H]2O)c(=O)[nH]c1=O. The average molecular weight is 581 g/mol. The van der Waals surface area contributed by atoms with Crippen molar-refractivity contribution in [3.63, 3.8) is 0 Å². The number of nitrogens with two attached hydrogens (primary N) is 1. The molecule has 11 atom stereocenters. The van der Waals surface area contributed by atoms with Crippen molar-refractivity contribution in [2.75, 3.05) is 18.9 Å². The van der Waals surface area contributed by atoms with Crippen LogP contribution in [0.4, 0.5) is 5.69 Å². The largest absolute Gasteiger partial charge is 0.483 e. The number of H-pyrrole nitrogens is 1. The number of aliphatic hydroxyl groups is 6. The molecule has 2 aliphatic rings. The molecular weight excluding hydrogens is 556 g/mol. The van der Waals surface area contributed by atoms with Gasteiger partial charge in [0.2, 0.25) is 0 Å². The zero-order chi connectivity index (χ0) is 27.9. The molecule has 0 spiro atoms. The highest BCUT2D eigenvalue weighted by Gasteiger charge is 2.49. The van der Waals surface area contributed by atoms with E-state index in [9.17, 15) is 54.0 Å². The molecule has 22 heteroatoms. The molecule has 11 N–H and O–H groups in total. The Bertz CT molecular complexity index is 1170. The van der Waals surface area contributed by atoms with Crippen LogP contribution in [0, 0.1) is 0 Å². The summed E-state index contributed by atoms with van der Waals surface area (Å²) in [5.41, 5.74) is 2.98. The zero-order valence-corrected chi connectivity index (χ0v) is 20.1. The number of nitrogens with one attached hydrogen (secondary N) is 1. The second kappa shape index (κ2) is 11.3. The first-order valence-electron chi connectivity index (χ1n) is 10.2. The highest BCUT2D eigenvalue weighted by atomic mass is 31.3. The van der Waals surface area contributed by atoms with Gasteiger partial charge in [-0.1, -0.05) is 0 Å². The molecule has 1 aromatic rings. The summed E-state index contributed by atoms with van der Waals surface area (Å²) in [7, 11) is -11.1. The fourth-order valence-corrected chi connectivity index (χ4v) is 5.57. The number of aromatic nitrogens is 2. The number of rotatable bonds is 9. The lowest BCUT2D eigenvalue weighted by Crippen LogP contribution is -2.58. The van der Waals surface area contributed by atoms with E-state index in [2.05, 4.69) is 13.4 Å². The molecule has 0 aromatic carbocycles. The van der Waals surface area contributed by atoms with Crippen LogP contribution in [-0.4, -0.2) is 112 Å². The van der Waals surface area contributed by atoms with Crippen LogP contribution >= 0.6 is 15.6 Å². The van der Waals surface area contributed by atoms with Crippen LogP contribution < -0.4 is 17.0 Å². The highest BCUT2D eigenvalue weighted by Crippen LogP contribution is 2.61. The predicted molar refractivity (Wildman–Crippen MR) is 113 cm³/mol. The molecule has 2 aliphatic heterocycles. The van der Waals surface area contributed by atoms with Gasteiger partial charge in [0.05, 0.1) is 13.2 Å². The monoisotopic (exact) mass is 581 g/mol. The van der Waals surface area contributed by atoms with Crippen molar-refractivity contribution in [2.45, 2.75) is 55.2 Å². The van der Waals surface area contributed by atoms with E-state index in [0.717, 1.165) is 6.20 Å². The number of hydrogen-bond donors (Lipinski definition) is 10. The molecule has 2 saturated heterocycles. The van der Waals surface area contributed by atoms with E-state index in [4.69, 9.17) is 20.3 Å². The van der Waals surface area contributed by atoms with Gasteiger partial charge in [0, 0.05) is 6.20 Å². The Labute approximate surface area is 205 Å². The van der Waals surface area contributed by atoms with Gasteiger partial charge in [-0.25, -0.2) is 13.9 Å². The van der Waals surface area contributed by atoms with Gasteiger partial charge in [-0.15, -0.1) is 0 Å². The van der Waals surface area contributed by atoms with Crippen LogP contribution in [0.5, 0.6) is 0 Å². The molecule has 2 unspecified atom stereocenters. The van der Waals surface area contributed by atoms with E-state index in [0.29, 0.717) is 4.57 Å². The summed E-state index contributed by atoms with van der Waals surface area (Å²) < 4.78 is 48.0. The van der Waals surface area contributed by atoms with Crippen molar-refractivity contribution in [3.8, 4) is 0 Å². The van der Waals surface area contributed by atoms with Crippen LogP contribution in [0.2, 0.25) is 0 Å². The minimum atomic E-state index is -5.61. The molecule has 0 amide bonds. The van der Waals surface area contributed by atoms with Gasteiger partial charge in [-0.05, 0) is 0 Å². The maximum absolute atomic E-state index is 12.2. The van der Waals surface area contributed by atoms with Crippen molar-refractivity contribution < 1.29 is 72.4 Å². The van der Waals surface area contributed by atoms with Gasteiger partial charge >= 0.3 is 21.3 Å². The number of phosphoric ester groups is 2. The number of phosphoric acid groups is 2. The molecule has 0 aliphatic carbocycles. The highest BCUT2D eigenvalue weighted by molar-refractivity contribution is 7.61. The van der Waals surface area contributed by atoms with Gasteiger partial charge in [0.1, 0.15) is 48.4 Å². The van der Waals surface area contributed by atoms with Crippen molar-refractivity contribution in [2.24, 2.45) is 0 Å². The summed E-state index contributed by atoms with van der Waals surface area (Å²) >= 11 is 0. The maximum atomic E-state index is 12.2. The fraction of sp³-hybridized carbons (Fsp3) is 0.733. The fourth-order valence-electron chi connectivity index (χ4n) is 3.41. The van der Waals surface area contributed by atoms with Gasteiger partial charge in [-0.2, -0.15) is 4.31 Å². The smallest absolute Gasteiger partial charge is 0.394 e. The molecule has 1 aromatic heterocycles. The topological polar surface area (TPSA) is 323 Å². The molecule has 3 rings (SSSR count). The number of nitrogens with zero attached hydrogens (tertiary/aromatic N) is 1. The molecule has 20 nitrogen and oxygen atoms in total. The standard InChI is InChI=1S/C15H25N3O17P2/c16-4-1-18(15(26)17-12(4)25)13-10(23)8(21)6(32-13)3-31-36(27,28)35-37(29,30)34-14-11(24)9(22)7(20)5(2-19)33-14/h1,5-11,13-14,19-24H,2-3,16H2,(H,27,28)(H,29,30)(H,17,25,26)/t5-,6-,7-,8-,9+,10-,11-,13-,14-/m1/s1. The lowest BCUT2D eigenvalue weighted by Gasteiger charge is -2.39. The first kappa shape index (κ1) is 30.0. The summed E-state index contributed by atoms with van der Waals surface area (Å²) in [6.45, 7) is -1.96. The molecule has 0 radical (unpaired) electrons. The summed E-state index contributed by atoms with van der Waals surface area (Å²) in [5.74, 6) is 0.